The van der Waals surface area contributed by atoms with Gasteiger partial charge in [0, 0.05) is 83.0 Å². The Morgan fingerprint density at radius 2 is 1.69 bits per heavy atom. The summed E-state index contributed by atoms with van der Waals surface area (Å²) in [5.41, 5.74) is -4.94. The average molecular weight is 676 g/mol. The predicted molar refractivity (Wildman–Crippen MR) is 167 cm³/mol. The number of hydrogen-bond donors (Lipinski definition) is 3. The third-order valence-corrected chi connectivity index (χ3v) is 13.5. The highest BCUT2D eigenvalue weighted by atomic mass is 16.6. The van der Waals surface area contributed by atoms with Crippen LogP contribution in [0.2, 0.25) is 0 Å². The van der Waals surface area contributed by atoms with Crippen LogP contribution in [0.3, 0.4) is 0 Å². The number of fused-ring (bicyclic) bond motifs is 2. The lowest BCUT2D eigenvalue weighted by atomic mass is 9.42. The summed E-state index contributed by atoms with van der Waals surface area (Å²) in [6.45, 7) is 4.64. The summed E-state index contributed by atoms with van der Waals surface area (Å²) in [6.07, 6.45) is -5.64. The van der Waals surface area contributed by atoms with Gasteiger partial charge in [0.2, 0.25) is 0 Å². The average Bonchev–Trinajstić information content (AvgIpc) is 3.44. The van der Waals surface area contributed by atoms with Crippen molar-refractivity contribution in [2.75, 3.05) is 55.2 Å². The number of piperidine rings is 1. The molecule has 0 amide bonds. The van der Waals surface area contributed by atoms with Crippen molar-refractivity contribution in [1.82, 2.24) is 4.90 Å². The summed E-state index contributed by atoms with van der Waals surface area (Å²) >= 11 is 0. The van der Waals surface area contributed by atoms with Crippen LogP contribution in [-0.4, -0.2) is 141 Å². The molecule has 15 atom stereocenters. The molecule has 1 heterocycles. The van der Waals surface area contributed by atoms with Gasteiger partial charge >= 0.3 is 11.9 Å². The molecule has 0 radical (unpaired) electrons. The van der Waals surface area contributed by atoms with E-state index in [1.54, 1.807) is 45.6 Å². The third-order valence-electron chi connectivity index (χ3n) is 13.5. The van der Waals surface area contributed by atoms with E-state index in [0.717, 1.165) is 0 Å². The number of methoxy groups -OCH3 is 5. The van der Waals surface area contributed by atoms with Crippen LogP contribution in [0.1, 0.15) is 37.0 Å². The molecule has 3 N–H and O–H groups in total. The Kier molecular flexibility index (Phi) is 8.24. The molecule has 266 valence electrons. The van der Waals surface area contributed by atoms with Gasteiger partial charge in [-0.2, -0.15) is 0 Å². The molecule has 0 unspecified atom stereocenters. The minimum atomic E-state index is -1.86. The van der Waals surface area contributed by atoms with Crippen molar-refractivity contribution in [1.29, 1.82) is 0 Å². The quantitative estimate of drug-likeness (QED) is 0.297. The Hall–Kier alpha value is -2.36. The number of likely N-dealkylation sites (tertiary alicyclic amines) is 1. The maximum Gasteiger partial charge on any atom is 0.338 e. The highest BCUT2D eigenvalue weighted by Crippen LogP contribution is 2.80. The zero-order chi connectivity index (χ0) is 34.6. The SMILES string of the molecule is CCN1C[C@]2(COC)[C@H](O)C[C@H](OC)[C@@]34[C@@H]5C[C@@]6(O)[C@H](OC(=O)c7ccc(OC)cc7)[C@@H]5[C@@](OC(C)=O)([C@@H]([C@@H](OC)[C@H]23)[C@@H]14)[C@@H](O)[C@@H]6OC. The van der Waals surface area contributed by atoms with Crippen LogP contribution in [0.15, 0.2) is 24.3 Å². The Bertz CT molecular complexity index is 1430. The molecule has 0 aromatic heterocycles. The fraction of sp³-hybridized carbons (Fsp3) is 0.771. The van der Waals surface area contributed by atoms with Gasteiger partial charge in [-0.25, -0.2) is 4.79 Å². The highest BCUT2D eigenvalue weighted by Gasteiger charge is 2.92. The minimum absolute atomic E-state index is 0.0591. The first-order chi connectivity index (χ1) is 22.9. The van der Waals surface area contributed by atoms with Crippen molar-refractivity contribution < 1.29 is 58.1 Å². The number of rotatable bonds is 10. The molecular formula is C35H49NO12. The Labute approximate surface area is 280 Å². The number of esters is 2. The number of carbonyl (C=O) groups is 2. The van der Waals surface area contributed by atoms with Crippen molar-refractivity contribution in [2.45, 2.75) is 80.6 Å². The van der Waals surface area contributed by atoms with Crippen molar-refractivity contribution in [3.8, 4) is 5.75 Å². The second-order valence-electron chi connectivity index (χ2n) is 14.8. The normalized spacial score (nSPS) is 48.2. The molecule has 6 fully saturated rings. The number of carbonyl (C=O) groups excluding carboxylic acids is 2. The summed E-state index contributed by atoms with van der Waals surface area (Å²) in [7, 11) is 7.77. The van der Waals surface area contributed by atoms with Crippen molar-refractivity contribution in [3.63, 3.8) is 0 Å². The van der Waals surface area contributed by atoms with Crippen molar-refractivity contribution in [3.05, 3.63) is 29.8 Å². The molecule has 48 heavy (non-hydrogen) atoms. The van der Waals surface area contributed by atoms with Gasteiger partial charge in [0.15, 0.2) is 5.60 Å². The van der Waals surface area contributed by atoms with Crippen LogP contribution >= 0.6 is 0 Å². The zero-order valence-corrected chi connectivity index (χ0v) is 28.7. The van der Waals surface area contributed by atoms with E-state index in [1.807, 2.05) is 6.92 Å². The Morgan fingerprint density at radius 1 is 0.979 bits per heavy atom. The molecule has 7 rings (SSSR count). The van der Waals surface area contributed by atoms with Crippen LogP contribution in [-0.2, 0) is 33.2 Å². The topological polar surface area (TPSA) is 163 Å². The molecule has 13 heteroatoms. The van der Waals surface area contributed by atoms with Gasteiger partial charge in [-0.3, -0.25) is 9.69 Å². The first-order valence-electron chi connectivity index (χ1n) is 16.9. The molecule has 1 aromatic carbocycles. The first-order valence-corrected chi connectivity index (χ1v) is 16.9. The summed E-state index contributed by atoms with van der Waals surface area (Å²) in [6, 6.07) is 6.10. The number of aliphatic hydroxyl groups excluding tert-OH is 2. The van der Waals surface area contributed by atoms with Crippen molar-refractivity contribution in [2.24, 2.45) is 34.5 Å². The summed E-state index contributed by atoms with van der Waals surface area (Å²) in [5, 5.41) is 37.4. The predicted octanol–water partition coefficient (Wildman–Crippen LogP) is 0.657. The van der Waals surface area contributed by atoms with Crippen molar-refractivity contribution >= 4 is 11.9 Å². The van der Waals surface area contributed by atoms with Crippen LogP contribution in [0.4, 0.5) is 0 Å². The third kappa shape index (κ3) is 3.90. The molecule has 1 aliphatic heterocycles. The van der Waals surface area contributed by atoms with E-state index >= 15 is 0 Å². The van der Waals surface area contributed by atoms with Crippen LogP contribution in [0, 0.1) is 34.5 Å². The smallest absolute Gasteiger partial charge is 0.338 e. The van der Waals surface area contributed by atoms with Crippen LogP contribution in [0.5, 0.6) is 5.75 Å². The molecule has 7 bridgehead atoms. The van der Waals surface area contributed by atoms with Gasteiger partial charge in [-0.1, -0.05) is 6.92 Å². The maximum absolute atomic E-state index is 13.9. The summed E-state index contributed by atoms with van der Waals surface area (Å²) < 4.78 is 42.7. The van der Waals surface area contributed by atoms with E-state index < -0.39 is 94.3 Å². The van der Waals surface area contributed by atoms with E-state index in [-0.39, 0.29) is 24.6 Å². The van der Waals surface area contributed by atoms with E-state index in [2.05, 4.69) is 4.90 Å². The van der Waals surface area contributed by atoms with Crippen LogP contribution in [0.25, 0.3) is 0 Å². The van der Waals surface area contributed by atoms with Gasteiger partial charge in [0.1, 0.15) is 29.7 Å². The largest absolute Gasteiger partial charge is 0.497 e. The number of hydrogen-bond acceptors (Lipinski definition) is 13. The van der Waals surface area contributed by atoms with Gasteiger partial charge in [0.05, 0.1) is 37.6 Å². The van der Waals surface area contributed by atoms with Gasteiger partial charge < -0.3 is 48.5 Å². The molecule has 13 nitrogen and oxygen atoms in total. The molecule has 1 spiro atoms. The number of nitrogens with zero attached hydrogens (tertiary/aromatic N) is 1. The zero-order valence-electron chi connectivity index (χ0n) is 28.7. The lowest BCUT2D eigenvalue weighted by molar-refractivity contribution is -0.322. The second-order valence-corrected chi connectivity index (χ2v) is 14.8. The van der Waals surface area contributed by atoms with E-state index in [1.165, 1.54) is 21.1 Å². The number of ether oxygens (including phenoxy) is 7. The van der Waals surface area contributed by atoms with E-state index in [0.29, 0.717) is 25.3 Å². The summed E-state index contributed by atoms with van der Waals surface area (Å²) in [5.74, 6) is -3.23. The Balaban J connectivity index is 1.50. The molecule has 5 saturated carbocycles. The standard InChI is InChI=1S/C35H49NO12/c1-8-36-15-32(16-42-3)21(38)13-22(44-5)34-20-14-33(41)29(47-31(40)18-9-11-19(43-4)12-10-18)23(20)35(48-17(2)37,28(39)30(33)46-7)24(27(34)36)25(45-6)26(32)34/h9-12,20-30,38-39,41H,8,13-16H2,1-7H3/t20-,21-,22+,23-,24+,25-,26-,27-,28+,29-,30+,32+,33-,34+,35-/m1/s1. The van der Waals surface area contributed by atoms with Gasteiger partial charge in [-0.15, -0.1) is 0 Å². The first kappa shape index (κ1) is 34.1. The van der Waals surface area contributed by atoms with Crippen LogP contribution < -0.4 is 4.74 Å². The van der Waals surface area contributed by atoms with E-state index in [4.69, 9.17) is 33.2 Å². The molecule has 1 saturated heterocycles. The minimum Gasteiger partial charge on any atom is -0.497 e. The lowest BCUT2D eigenvalue weighted by Gasteiger charge is -2.70. The fourth-order valence-electron chi connectivity index (χ4n) is 12.5. The molecule has 6 aliphatic rings. The van der Waals surface area contributed by atoms with Gasteiger partial charge in [-0.05, 0) is 43.1 Å². The molecule has 5 aliphatic carbocycles. The lowest BCUT2D eigenvalue weighted by Crippen LogP contribution is -2.81. The number of benzene rings is 1. The monoisotopic (exact) mass is 675 g/mol. The second kappa shape index (κ2) is 11.6. The summed E-state index contributed by atoms with van der Waals surface area (Å²) in [4.78, 5) is 29.5. The van der Waals surface area contributed by atoms with E-state index in [9.17, 15) is 24.9 Å². The Morgan fingerprint density at radius 3 is 2.25 bits per heavy atom. The fourth-order valence-corrected chi connectivity index (χ4v) is 12.5. The van der Waals surface area contributed by atoms with Gasteiger partial charge in [0.25, 0.3) is 0 Å². The number of aliphatic hydroxyl groups is 3. The highest BCUT2D eigenvalue weighted by molar-refractivity contribution is 5.89. The maximum atomic E-state index is 13.9. The molecule has 1 aromatic rings. The molecular weight excluding hydrogens is 626 g/mol.